The summed E-state index contributed by atoms with van der Waals surface area (Å²) >= 11 is 0. The van der Waals surface area contributed by atoms with Gasteiger partial charge in [-0.3, -0.25) is 0 Å². The van der Waals surface area contributed by atoms with E-state index < -0.39 is 0 Å². The fourth-order valence-corrected chi connectivity index (χ4v) is 10.6. The van der Waals surface area contributed by atoms with Crippen LogP contribution in [0.1, 0.15) is 36.1 Å². The van der Waals surface area contributed by atoms with Crippen LogP contribution in [-0.4, -0.2) is 4.57 Å². The van der Waals surface area contributed by atoms with Gasteiger partial charge in [-0.15, -0.1) is 0 Å². The van der Waals surface area contributed by atoms with Crippen LogP contribution < -0.4 is 4.90 Å². The Balaban J connectivity index is 0.898. The number of hydrogen-bond acceptors (Lipinski definition) is 1. The minimum absolute atomic E-state index is 0.0493. The lowest BCUT2D eigenvalue weighted by Crippen LogP contribution is -2.15. The summed E-state index contributed by atoms with van der Waals surface area (Å²) in [6.45, 7) is 9.06. The highest BCUT2D eigenvalue weighted by molar-refractivity contribution is 6.16. The van der Waals surface area contributed by atoms with E-state index in [1.165, 1.54) is 99.7 Å². The maximum absolute atomic E-state index is 2.43. The fourth-order valence-electron chi connectivity index (χ4n) is 10.6. The molecule has 1 heterocycles. The number of benzene rings is 10. The number of aryl methyl sites for hydroxylation is 2. The van der Waals surface area contributed by atoms with Gasteiger partial charge in [0.05, 0.1) is 11.0 Å². The second-order valence-corrected chi connectivity index (χ2v) is 18.7. The van der Waals surface area contributed by atoms with Gasteiger partial charge in [-0.2, -0.15) is 0 Å². The normalized spacial score (nSPS) is 12.6. The van der Waals surface area contributed by atoms with E-state index in [0.29, 0.717) is 0 Å². The van der Waals surface area contributed by atoms with E-state index in [-0.39, 0.29) is 5.41 Å². The second-order valence-electron chi connectivity index (χ2n) is 18.7. The summed E-state index contributed by atoms with van der Waals surface area (Å²) in [5.74, 6) is 0. The van der Waals surface area contributed by atoms with E-state index in [4.69, 9.17) is 0 Å². The molecule has 0 amide bonds. The van der Waals surface area contributed by atoms with Crippen LogP contribution in [-0.2, 0) is 5.41 Å². The quantitative estimate of drug-likeness (QED) is 0.148. The Hall–Kier alpha value is -8.20. The number of anilines is 3. The molecular weight excluding hydrogens is 809 g/mol. The Morgan fingerprint density at radius 2 is 0.836 bits per heavy atom. The van der Waals surface area contributed by atoms with Gasteiger partial charge < -0.3 is 9.47 Å². The molecule has 0 unspecified atom stereocenters. The van der Waals surface area contributed by atoms with Crippen molar-refractivity contribution in [2.45, 2.75) is 33.1 Å². The Kier molecular flexibility index (Phi) is 9.66. The van der Waals surface area contributed by atoms with Crippen LogP contribution in [0.2, 0.25) is 0 Å². The summed E-state index contributed by atoms with van der Waals surface area (Å²) in [6, 6.07) is 85.0. The number of aromatic nitrogens is 1. The zero-order valence-corrected chi connectivity index (χ0v) is 38.3. The molecule has 1 aliphatic carbocycles. The Bertz CT molecular complexity index is 3650. The highest BCUT2D eigenvalue weighted by Gasteiger charge is 2.35. The van der Waals surface area contributed by atoms with Crippen molar-refractivity contribution in [1.82, 2.24) is 4.57 Å². The average molecular weight is 859 g/mol. The number of fused-ring (bicyclic) bond motifs is 6. The highest BCUT2D eigenvalue weighted by Crippen LogP contribution is 2.50. The molecule has 12 rings (SSSR count). The number of para-hydroxylation sites is 1. The molecule has 0 saturated carbocycles. The molecule has 0 saturated heterocycles. The van der Waals surface area contributed by atoms with Gasteiger partial charge in [-0.1, -0.05) is 183 Å². The minimum atomic E-state index is -0.0493. The van der Waals surface area contributed by atoms with E-state index in [1.807, 2.05) is 0 Å². The molecule has 0 atom stereocenters. The number of rotatable bonds is 8. The Labute approximate surface area is 393 Å². The van der Waals surface area contributed by atoms with Crippen LogP contribution in [0.5, 0.6) is 0 Å². The number of hydrogen-bond donors (Lipinski definition) is 0. The van der Waals surface area contributed by atoms with Gasteiger partial charge in [0.2, 0.25) is 0 Å². The topological polar surface area (TPSA) is 8.17 Å². The SMILES string of the molecule is Cc1ccc(N(c2ccc(-c3ccc4c(c3)C(C)(C)c3cc(C)ccc3-4)cc2)c2ccc(-c3cccc4c3c3ccccc3n4-c3cccc(-c4cccc(-c5ccccc5)c4)c3)cc2)cc1. The molecule has 0 spiro atoms. The monoisotopic (exact) mass is 858 g/mol. The van der Waals surface area contributed by atoms with Crippen LogP contribution >= 0.6 is 0 Å². The van der Waals surface area contributed by atoms with Crippen molar-refractivity contribution in [3.63, 3.8) is 0 Å². The molecule has 1 aliphatic rings. The molecule has 2 nitrogen and oxygen atoms in total. The van der Waals surface area contributed by atoms with E-state index in [9.17, 15) is 0 Å². The third-order valence-corrected chi connectivity index (χ3v) is 14.1. The average Bonchev–Trinajstić information content (AvgIpc) is 3.83. The first-order valence-electron chi connectivity index (χ1n) is 23.4. The van der Waals surface area contributed by atoms with Crippen molar-refractivity contribution in [3.05, 3.63) is 253 Å². The van der Waals surface area contributed by atoms with Crippen molar-refractivity contribution >= 4 is 38.9 Å². The first kappa shape index (κ1) is 40.3. The highest BCUT2D eigenvalue weighted by atomic mass is 15.1. The van der Waals surface area contributed by atoms with Crippen LogP contribution in [0, 0.1) is 13.8 Å². The van der Waals surface area contributed by atoms with E-state index >= 15 is 0 Å². The second kappa shape index (κ2) is 16.0. The molecule has 0 aliphatic heterocycles. The molecule has 0 fully saturated rings. The van der Waals surface area contributed by atoms with E-state index in [0.717, 1.165) is 22.7 Å². The third kappa shape index (κ3) is 6.96. The van der Waals surface area contributed by atoms with Gasteiger partial charge in [0, 0.05) is 38.9 Å². The molecule has 320 valence electrons. The smallest absolute Gasteiger partial charge is 0.0547 e. The third-order valence-electron chi connectivity index (χ3n) is 14.1. The van der Waals surface area contributed by atoms with Gasteiger partial charge in [0.1, 0.15) is 0 Å². The zero-order valence-electron chi connectivity index (χ0n) is 38.3. The predicted octanol–water partition coefficient (Wildman–Crippen LogP) is 17.8. The van der Waals surface area contributed by atoms with Crippen LogP contribution in [0.4, 0.5) is 17.1 Å². The molecule has 0 bridgehead atoms. The maximum Gasteiger partial charge on any atom is 0.0547 e. The summed E-state index contributed by atoms with van der Waals surface area (Å²) in [6.07, 6.45) is 0. The molecular formula is C65H50N2. The van der Waals surface area contributed by atoms with E-state index in [1.54, 1.807) is 0 Å². The van der Waals surface area contributed by atoms with Crippen LogP contribution in [0.25, 0.3) is 83.1 Å². The van der Waals surface area contributed by atoms with Crippen molar-refractivity contribution in [2.24, 2.45) is 0 Å². The predicted molar refractivity (Wildman–Crippen MR) is 284 cm³/mol. The Morgan fingerprint density at radius 3 is 1.57 bits per heavy atom. The lowest BCUT2D eigenvalue weighted by molar-refractivity contribution is 0.660. The largest absolute Gasteiger partial charge is 0.311 e. The lowest BCUT2D eigenvalue weighted by Gasteiger charge is -2.26. The first-order valence-corrected chi connectivity index (χ1v) is 23.4. The maximum atomic E-state index is 2.43. The minimum Gasteiger partial charge on any atom is -0.311 e. The molecule has 1 aromatic heterocycles. The van der Waals surface area contributed by atoms with Crippen LogP contribution in [0.3, 0.4) is 0 Å². The van der Waals surface area contributed by atoms with Gasteiger partial charge in [-0.05, 0) is 153 Å². The fraction of sp³-hybridized carbons (Fsp3) is 0.0769. The molecule has 2 heteroatoms. The van der Waals surface area contributed by atoms with Crippen molar-refractivity contribution < 1.29 is 0 Å². The molecule has 67 heavy (non-hydrogen) atoms. The molecule has 10 aromatic carbocycles. The summed E-state index contributed by atoms with van der Waals surface area (Å²) in [4.78, 5) is 2.37. The Morgan fingerprint density at radius 1 is 0.343 bits per heavy atom. The first-order chi connectivity index (χ1) is 32.8. The molecule has 0 radical (unpaired) electrons. The standard InChI is InChI=1S/C65H50N2/c1-43-23-31-52(32-24-43)66(53-33-26-46(27-34-53)51-30-38-58-57-37-25-44(2)39-60(57)65(3,4)61(58)42-51)54-35-28-47(29-36-54)56-20-12-22-63-64(56)59-19-8-9-21-62(59)67(63)55-18-11-17-50(41-55)49-16-10-15-48(40-49)45-13-6-5-7-14-45/h5-42H,1-4H3. The van der Waals surface area contributed by atoms with Crippen molar-refractivity contribution in [1.29, 1.82) is 0 Å². The zero-order chi connectivity index (χ0) is 45.2. The summed E-state index contributed by atoms with van der Waals surface area (Å²) in [5.41, 5.74) is 24.6. The van der Waals surface area contributed by atoms with Crippen molar-refractivity contribution in [2.75, 3.05) is 4.90 Å². The van der Waals surface area contributed by atoms with E-state index in [2.05, 4.69) is 268 Å². The van der Waals surface area contributed by atoms with Crippen LogP contribution in [0.15, 0.2) is 231 Å². The lowest BCUT2D eigenvalue weighted by atomic mass is 9.81. The van der Waals surface area contributed by atoms with Gasteiger partial charge >= 0.3 is 0 Å². The summed E-state index contributed by atoms with van der Waals surface area (Å²) in [5, 5.41) is 2.49. The summed E-state index contributed by atoms with van der Waals surface area (Å²) in [7, 11) is 0. The number of nitrogens with zero attached hydrogens (tertiary/aromatic N) is 2. The van der Waals surface area contributed by atoms with Gasteiger partial charge in [0.15, 0.2) is 0 Å². The van der Waals surface area contributed by atoms with Crippen molar-refractivity contribution in [3.8, 4) is 61.3 Å². The molecule has 0 N–H and O–H groups in total. The molecule has 11 aromatic rings. The van der Waals surface area contributed by atoms with Gasteiger partial charge in [-0.25, -0.2) is 0 Å². The van der Waals surface area contributed by atoms with Gasteiger partial charge in [0.25, 0.3) is 0 Å². The summed E-state index contributed by atoms with van der Waals surface area (Å²) < 4.78 is 2.43.